The van der Waals surface area contributed by atoms with E-state index in [4.69, 9.17) is 0 Å². The average Bonchev–Trinajstić information content (AvgIpc) is 2.16. The van der Waals surface area contributed by atoms with Gasteiger partial charge in [-0.2, -0.15) is 0 Å². The molecule has 1 aromatic carbocycles. The van der Waals surface area contributed by atoms with Crippen molar-refractivity contribution in [1.29, 1.82) is 0 Å². The van der Waals surface area contributed by atoms with Gasteiger partial charge in [0.25, 0.3) is 0 Å². The van der Waals surface area contributed by atoms with Crippen LogP contribution < -0.4 is 10.6 Å². The second-order valence-electron chi connectivity index (χ2n) is 4.18. The summed E-state index contributed by atoms with van der Waals surface area (Å²) in [6.07, 6.45) is 2.70. The zero-order valence-electron chi connectivity index (χ0n) is 8.14. The Morgan fingerprint density at radius 1 is 1.33 bits per heavy atom. The van der Waals surface area contributed by atoms with Crippen LogP contribution in [0.1, 0.15) is 19.3 Å². The fourth-order valence-corrected chi connectivity index (χ4v) is 2.19. The van der Waals surface area contributed by atoms with E-state index in [0.29, 0.717) is 5.69 Å². The summed E-state index contributed by atoms with van der Waals surface area (Å²) >= 11 is 0. The van der Waals surface area contributed by atoms with Crippen LogP contribution >= 0.6 is 0 Å². The third-order valence-corrected chi connectivity index (χ3v) is 3.27. The van der Waals surface area contributed by atoms with Crippen molar-refractivity contribution in [1.82, 2.24) is 0 Å². The van der Waals surface area contributed by atoms with E-state index in [0.717, 1.165) is 19.3 Å². The van der Waals surface area contributed by atoms with Gasteiger partial charge in [-0.25, -0.2) is 4.39 Å². The van der Waals surface area contributed by atoms with Crippen molar-refractivity contribution in [3.8, 4) is 0 Å². The normalized spacial score (nSPS) is 21.3. The van der Waals surface area contributed by atoms with E-state index in [2.05, 4.69) is 10.6 Å². The van der Waals surface area contributed by atoms with E-state index in [-0.39, 0.29) is 17.4 Å². The predicted octanol–water partition coefficient (Wildman–Crippen LogP) is 2.11. The van der Waals surface area contributed by atoms with E-state index in [9.17, 15) is 9.18 Å². The second-order valence-corrected chi connectivity index (χ2v) is 4.18. The minimum absolute atomic E-state index is 0.105. The Bertz CT molecular complexity index is 440. The van der Waals surface area contributed by atoms with Crippen molar-refractivity contribution in [3.05, 3.63) is 24.0 Å². The number of rotatable bonds is 0. The maximum atomic E-state index is 13.4. The standard InChI is InChI=1S/C11H11FN2O/c12-7-3-1-4-8-9(7)13-10(15)11(14-8)5-2-6-11/h1,3-4,14H,2,5-6H2,(H,13,15). The third-order valence-electron chi connectivity index (χ3n) is 3.27. The Hall–Kier alpha value is -1.58. The smallest absolute Gasteiger partial charge is 0.250 e. The number of carbonyl (C=O) groups is 1. The number of para-hydroxylation sites is 1. The van der Waals surface area contributed by atoms with Crippen molar-refractivity contribution < 1.29 is 9.18 Å². The Balaban J connectivity index is 2.06. The number of anilines is 2. The molecular formula is C11H11FN2O. The number of hydrogen-bond donors (Lipinski definition) is 2. The zero-order valence-corrected chi connectivity index (χ0v) is 8.14. The molecule has 3 rings (SSSR count). The minimum atomic E-state index is -0.471. The Morgan fingerprint density at radius 2 is 2.13 bits per heavy atom. The van der Waals surface area contributed by atoms with Gasteiger partial charge in [0.05, 0.1) is 5.69 Å². The zero-order chi connectivity index (χ0) is 10.5. The molecule has 0 saturated heterocycles. The summed E-state index contributed by atoms with van der Waals surface area (Å²) in [6, 6.07) is 4.78. The molecule has 1 heterocycles. The van der Waals surface area contributed by atoms with Gasteiger partial charge in [0.1, 0.15) is 17.0 Å². The molecule has 4 heteroatoms. The van der Waals surface area contributed by atoms with Crippen LogP contribution in [0.5, 0.6) is 0 Å². The van der Waals surface area contributed by atoms with Crippen molar-refractivity contribution >= 4 is 17.3 Å². The summed E-state index contributed by atoms with van der Waals surface area (Å²) in [5.41, 5.74) is 0.496. The number of nitrogens with one attached hydrogen (secondary N) is 2. The van der Waals surface area contributed by atoms with Gasteiger partial charge in [0, 0.05) is 0 Å². The molecule has 0 unspecified atom stereocenters. The molecule has 2 N–H and O–H groups in total. The molecule has 1 spiro atoms. The van der Waals surface area contributed by atoms with E-state index < -0.39 is 5.54 Å². The number of fused-ring (bicyclic) bond motifs is 1. The molecule has 3 nitrogen and oxygen atoms in total. The van der Waals surface area contributed by atoms with Crippen molar-refractivity contribution in [2.75, 3.05) is 10.6 Å². The van der Waals surface area contributed by atoms with Crippen LogP contribution in [-0.4, -0.2) is 11.4 Å². The monoisotopic (exact) mass is 206 g/mol. The van der Waals surface area contributed by atoms with E-state index in [1.165, 1.54) is 6.07 Å². The first-order valence-electron chi connectivity index (χ1n) is 5.09. The fraction of sp³-hybridized carbons (Fsp3) is 0.364. The molecule has 0 radical (unpaired) electrons. The second kappa shape index (κ2) is 2.72. The van der Waals surface area contributed by atoms with E-state index in [1.54, 1.807) is 12.1 Å². The molecule has 1 aliphatic carbocycles. The highest BCUT2D eigenvalue weighted by Crippen LogP contribution is 2.42. The van der Waals surface area contributed by atoms with Crippen LogP contribution in [0, 0.1) is 5.82 Å². The maximum absolute atomic E-state index is 13.4. The average molecular weight is 206 g/mol. The summed E-state index contributed by atoms with van der Waals surface area (Å²) in [5.74, 6) is -0.492. The molecule has 78 valence electrons. The van der Waals surface area contributed by atoms with E-state index >= 15 is 0 Å². The lowest BCUT2D eigenvalue weighted by Gasteiger charge is -2.44. The van der Waals surface area contributed by atoms with Gasteiger partial charge < -0.3 is 10.6 Å². The van der Waals surface area contributed by atoms with Crippen LogP contribution in [0.3, 0.4) is 0 Å². The number of hydrogen-bond acceptors (Lipinski definition) is 2. The largest absolute Gasteiger partial charge is 0.369 e. The highest BCUT2D eigenvalue weighted by atomic mass is 19.1. The summed E-state index contributed by atoms with van der Waals surface area (Å²) < 4.78 is 13.4. The first kappa shape index (κ1) is 8.71. The quantitative estimate of drug-likeness (QED) is 0.682. The number of halogens is 1. The molecule has 0 aromatic heterocycles. The van der Waals surface area contributed by atoms with Crippen LogP contribution in [0.25, 0.3) is 0 Å². The molecule has 1 saturated carbocycles. The highest BCUT2D eigenvalue weighted by molar-refractivity contribution is 6.06. The lowest BCUT2D eigenvalue weighted by atomic mass is 9.74. The minimum Gasteiger partial charge on any atom is -0.369 e. The molecular weight excluding hydrogens is 195 g/mol. The number of benzene rings is 1. The van der Waals surface area contributed by atoms with Crippen molar-refractivity contribution in [2.45, 2.75) is 24.8 Å². The molecule has 1 fully saturated rings. The SMILES string of the molecule is O=C1Nc2c(F)cccc2NC12CCC2. The lowest BCUT2D eigenvalue weighted by Crippen LogP contribution is -2.57. The van der Waals surface area contributed by atoms with Gasteiger partial charge in [-0.05, 0) is 31.4 Å². The highest BCUT2D eigenvalue weighted by Gasteiger charge is 2.47. The summed E-state index contributed by atoms with van der Waals surface area (Å²) in [4.78, 5) is 11.8. The Morgan fingerprint density at radius 3 is 2.80 bits per heavy atom. The van der Waals surface area contributed by atoms with Gasteiger partial charge in [-0.3, -0.25) is 4.79 Å². The predicted molar refractivity (Wildman–Crippen MR) is 55.2 cm³/mol. The summed E-state index contributed by atoms with van der Waals surface area (Å²) in [5, 5.41) is 5.79. The summed E-state index contributed by atoms with van der Waals surface area (Å²) in [7, 11) is 0. The van der Waals surface area contributed by atoms with Crippen LogP contribution in [0.2, 0.25) is 0 Å². The van der Waals surface area contributed by atoms with Gasteiger partial charge in [-0.15, -0.1) is 0 Å². The molecule has 1 aliphatic heterocycles. The number of carbonyl (C=O) groups excluding carboxylic acids is 1. The fourth-order valence-electron chi connectivity index (χ4n) is 2.19. The Kier molecular flexibility index (Phi) is 1.58. The van der Waals surface area contributed by atoms with Gasteiger partial charge in [0.2, 0.25) is 5.91 Å². The van der Waals surface area contributed by atoms with Crippen LogP contribution in [0.4, 0.5) is 15.8 Å². The number of amides is 1. The van der Waals surface area contributed by atoms with Crippen molar-refractivity contribution in [2.24, 2.45) is 0 Å². The van der Waals surface area contributed by atoms with Crippen molar-refractivity contribution in [3.63, 3.8) is 0 Å². The topological polar surface area (TPSA) is 41.1 Å². The Labute approximate surface area is 86.7 Å². The molecule has 15 heavy (non-hydrogen) atoms. The van der Waals surface area contributed by atoms with Crippen LogP contribution in [-0.2, 0) is 4.79 Å². The van der Waals surface area contributed by atoms with Gasteiger partial charge >= 0.3 is 0 Å². The maximum Gasteiger partial charge on any atom is 0.250 e. The van der Waals surface area contributed by atoms with Crippen LogP contribution in [0.15, 0.2) is 18.2 Å². The first-order chi connectivity index (χ1) is 7.21. The molecule has 2 aliphatic rings. The first-order valence-corrected chi connectivity index (χ1v) is 5.09. The molecule has 1 aromatic rings. The summed E-state index contributed by atoms with van der Waals surface area (Å²) in [6.45, 7) is 0. The van der Waals surface area contributed by atoms with Gasteiger partial charge in [-0.1, -0.05) is 6.07 Å². The third kappa shape index (κ3) is 1.07. The van der Waals surface area contributed by atoms with Gasteiger partial charge in [0.15, 0.2) is 0 Å². The molecule has 1 amide bonds. The molecule has 0 atom stereocenters. The lowest BCUT2D eigenvalue weighted by molar-refractivity contribution is -0.123. The molecule has 0 bridgehead atoms. The van der Waals surface area contributed by atoms with E-state index in [1.807, 2.05) is 0 Å².